The van der Waals surface area contributed by atoms with E-state index < -0.39 is 36.3 Å². The molecule has 0 aliphatic carbocycles. The largest absolute Gasteiger partial charge is 0.456 e. The first-order valence-corrected chi connectivity index (χ1v) is 14.4. The van der Waals surface area contributed by atoms with Crippen LogP contribution in [-0.2, 0) is 0 Å². The first-order valence-electron chi connectivity index (χ1n) is 19.4. The Balaban J connectivity index is 1.53. The highest BCUT2D eigenvalue weighted by molar-refractivity contribution is 6.19. The lowest BCUT2D eigenvalue weighted by atomic mass is 9.81. The maximum absolute atomic E-state index is 8.79. The molecule has 0 unspecified atom stereocenters. The van der Waals surface area contributed by atoms with Crippen LogP contribution in [0.25, 0.3) is 89.4 Å². The monoisotopic (exact) mass is 584 g/mol. The molecule has 1 aromatic heterocycles. The molecule has 0 aliphatic heterocycles. The highest BCUT2D eigenvalue weighted by Gasteiger charge is 2.22. The normalized spacial score (nSPS) is 14.4. The molecular weight excluding hydrogens is 544 g/mol. The van der Waals surface area contributed by atoms with Gasteiger partial charge in [0.05, 0.1) is 13.7 Å². The van der Waals surface area contributed by atoms with Gasteiger partial charge in [0, 0.05) is 10.8 Å². The second kappa shape index (κ2) is 11.0. The van der Waals surface area contributed by atoms with Crippen molar-refractivity contribution in [1.29, 1.82) is 0 Å². The van der Waals surface area contributed by atoms with Crippen molar-refractivity contribution in [2.75, 3.05) is 0 Å². The summed E-state index contributed by atoms with van der Waals surface area (Å²) in [6.07, 6.45) is 3.48. The second-order valence-electron chi connectivity index (χ2n) is 10.6. The van der Waals surface area contributed by atoms with Crippen molar-refractivity contribution in [3.05, 3.63) is 170 Å². The Bertz CT molecular complexity index is 2920. The lowest BCUT2D eigenvalue weighted by Gasteiger charge is -2.22. The molecule has 1 nitrogen and oxygen atoms in total. The molecule has 0 aliphatic rings. The van der Waals surface area contributed by atoms with Crippen LogP contribution in [0.1, 0.15) is 24.8 Å². The minimum absolute atomic E-state index is 0.0455. The minimum atomic E-state index is -0.489. The van der Waals surface area contributed by atoms with Crippen molar-refractivity contribution in [3.63, 3.8) is 0 Å². The van der Waals surface area contributed by atoms with Gasteiger partial charge in [0.25, 0.3) is 0 Å². The molecule has 8 aromatic rings. The summed E-state index contributed by atoms with van der Waals surface area (Å²) in [4.78, 5) is 0. The van der Waals surface area contributed by atoms with Gasteiger partial charge in [0.2, 0.25) is 0 Å². The maximum Gasteiger partial charge on any atom is 0.136 e. The number of benzene rings is 7. The highest BCUT2D eigenvalue weighted by Crippen LogP contribution is 2.47. The molecule has 7 aromatic carbocycles. The minimum Gasteiger partial charge on any atom is -0.456 e. The third-order valence-electron chi connectivity index (χ3n) is 8.20. The van der Waals surface area contributed by atoms with Crippen molar-refractivity contribution < 1.29 is 18.1 Å². The fourth-order valence-corrected chi connectivity index (χ4v) is 6.31. The Morgan fingerprint density at radius 2 is 1.11 bits per heavy atom. The van der Waals surface area contributed by atoms with Gasteiger partial charge >= 0.3 is 0 Å². The molecule has 45 heavy (non-hydrogen) atoms. The summed E-state index contributed by atoms with van der Waals surface area (Å²) in [5.41, 5.74) is 6.70. The standard InChI is InChI=1S/C44H30O/c1-3-34-35(4-2)43(38-22-14-24-41-44(38)37-21-11-12-23-40(37)45-41)36-26-25-32(30-17-9-6-10-18-30)28-39(36)42(34)33-20-13-19-31(27-33)29-15-7-5-8-16-29/h3-28H,1-2H2/i5D,6D,7D,8D,9D,10D,15D,16D,17D,18D. The fourth-order valence-electron chi connectivity index (χ4n) is 6.31. The Morgan fingerprint density at radius 1 is 0.489 bits per heavy atom. The summed E-state index contributed by atoms with van der Waals surface area (Å²) in [5.74, 6) is 0. The van der Waals surface area contributed by atoms with Gasteiger partial charge in [-0.05, 0) is 90.7 Å². The van der Waals surface area contributed by atoms with Crippen LogP contribution in [0.3, 0.4) is 0 Å². The number of rotatable bonds is 6. The zero-order chi connectivity index (χ0) is 39.0. The lowest BCUT2D eigenvalue weighted by molar-refractivity contribution is 0.669. The van der Waals surface area contributed by atoms with Crippen LogP contribution in [-0.4, -0.2) is 0 Å². The number of hydrogen-bond donors (Lipinski definition) is 0. The van der Waals surface area contributed by atoms with E-state index in [9.17, 15) is 0 Å². The van der Waals surface area contributed by atoms with Crippen LogP contribution in [0.15, 0.2) is 163 Å². The third kappa shape index (κ3) is 4.41. The molecule has 0 atom stereocenters. The molecule has 0 spiro atoms. The predicted octanol–water partition coefficient (Wildman–Crippen LogP) is 12.7. The van der Waals surface area contributed by atoms with Gasteiger partial charge in [0.15, 0.2) is 0 Å². The topological polar surface area (TPSA) is 13.1 Å². The molecular formula is C44H30O. The van der Waals surface area contributed by atoms with Crippen LogP contribution < -0.4 is 0 Å². The predicted molar refractivity (Wildman–Crippen MR) is 193 cm³/mol. The molecule has 0 fully saturated rings. The van der Waals surface area contributed by atoms with E-state index in [0.29, 0.717) is 38.8 Å². The molecule has 0 N–H and O–H groups in total. The smallest absolute Gasteiger partial charge is 0.136 e. The van der Waals surface area contributed by atoms with E-state index in [-0.39, 0.29) is 35.3 Å². The van der Waals surface area contributed by atoms with Gasteiger partial charge in [0.1, 0.15) is 11.2 Å². The molecule has 212 valence electrons. The summed E-state index contributed by atoms with van der Waals surface area (Å²) in [6, 6.07) is 22.1. The molecule has 0 saturated carbocycles. The van der Waals surface area contributed by atoms with Crippen LogP contribution in [0, 0.1) is 0 Å². The van der Waals surface area contributed by atoms with Crippen molar-refractivity contribution in [2.24, 2.45) is 0 Å². The van der Waals surface area contributed by atoms with Crippen molar-refractivity contribution in [1.82, 2.24) is 0 Å². The molecule has 0 amide bonds. The molecule has 1 heterocycles. The molecule has 0 saturated heterocycles. The average Bonchev–Trinajstić information content (AvgIpc) is 3.59. The van der Waals surface area contributed by atoms with Crippen LogP contribution >= 0.6 is 0 Å². The third-order valence-corrected chi connectivity index (χ3v) is 8.20. The quantitative estimate of drug-likeness (QED) is 0.189. The zero-order valence-corrected chi connectivity index (χ0v) is 24.1. The number of hydrogen-bond acceptors (Lipinski definition) is 1. The van der Waals surface area contributed by atoms with Crippen LogP contribution in [0.5, 0.6) is 0 Å². The van der Waals surface area contributed by atoms with E-state index in [1.807, 2.05) is 60.7 Å². The van der Waals surface area contributed by atoms with E-state index >= 15 is 0 Å². The zero-order valence-electron chi connectivity index (χ0n) is 34.1. The van der Waals surface area contributed by atoms with E-state index in [0.717, 1.165) is 38.4 Å². The van der Waals surface area contributed by atoms with E-state index in [1.165, 1.54) is 0 Å². The summed E-state index contributed by atoms with van der Waals surface area (Å²) in [6.45, 7) is 8.47. The number of furan rings is 1. The van der Waals surface area contributed by atoms with Gasteiger partial charge in [-0.1, -0.05) is 146 Å². The fraction of sp³-hybridized carbons (Fsp3) is 0. The van der Waals surface area contributed by atoms with Gasteiger partial charge in [-0.3, -0.25) is 0 Å². The maximum atomic E-state index is 8.79. The SMILES string of the molecule is [2H]c1c([2H])c([2H])c(-c2cccc(-c3c(C=C)c(C=C)c(-c4cccc5oc6ccccc6c45)c4ccc(-c5c([2H])c([2H])c([2H])c([2H])c5[2H])cc34)c2)c([2H])c1[2H]. The molecule has 8 rings (SSSR count). The Hall–Kier alpha value is -5.92. The summed E-state index contributed by atoms with van der Waals surface area (Å²) < 4.78 is 90.9. The molecule has 1 heteroatoms. The summed E-state index contributed by atoms with van der Waals surface area (Å²) in [5, 5.41) is 3.23. The second-order valence-corrected chi connectivity index (χ2v) is 10.6. The van der Waals surface area contributed by atoms with E-state index in [1.54, 1.807) is 36.4 Å². The van der Waals surface area contributed by atoms with Crippen LogP contribution in [0.4, 0.5) is 0 Å². The first-order chi connectivity index (χ1) is 26.4. The first kappa shape index (κ1) is 18.0. The van der Waals surface area contributed by atoms with Crippen molar-refractivity contribution in [3.8, 4) is 44.5 Å². The van der Waals surface area contributed by atoms with Gasteiger partial charge in [-0.2, -0.15) is 0 Å². The van der Waals surface area contributed by atoms with Gasteiger partial charge in [-0.15, -0.1) is 0 Å². The van der Waals surface area contributed by atoms with Gasteiger partial charge < -0.3 is 4.42 Å². The number of para-hydroxylation sites is 1. The Labute approximate surface area is 277 Å². The van der Waals surface area contributed by atoms with E-state index in [4.69, 9.17) is 18.1 Å². The molecule has 0 radical (unpaired) electrons. The molecule has 0 bridgehead atoms. The number of fused-ring (bicyclic) bond motifs is 4. The Kier molecular flexibility index (Phi) is 4.39. The summed E-state index contributed by atoms with van der Waals surface area (Å²) in [7, 11) is 0. The average molecular weight is 585 g/mol. The lowest BCUT2D eigenvalue weighted by Crippen LogP contribution is -1.97. The Morgan fingerprint density at radius 3 is 1.84 bits per heavy atom. The van der Waals surface area contributed by atoms with Crippen molar-refractivity contribution in [2.45, 2.75) is 0 Å². The van der Waals surface area contributed by atoms with Gasteiger partial charge in [-0.25, -0.2) is 0 Å². The highest BCUT2D eigenvalue weighted by atomic mass is 16.3. The van der Waals surface area contributed by atoms with Crippen LogP contribution in [0.2, 0.25) is 0 Å². The van der Waals surface area contributed by atoms with E-state index in [2.05, 4.69) is 13.2 Å². The summed E-state index contributed by atoms with van der Waals surface area (Å²) >= 11 is 0. The van der Waals surface area contributed by atoms with Crippen molar-refractivity contribution >= 4 is 44.9 Å².